The van der Waals surface area contributed by atoms with Crippen LogP contribution in [0, 0.1) is 6.92 Å². The Bertz CT molecular complexity index is 989. The van der Waals surface area contributed by atoms with Crippen LogP contribution in [0.1, 0.15) is 28.7 Å². The van der Waals surface area contributed by atoms with Crippen LogP contribution in [-0.2, 0) is 0 Å². The van der Waals surface area contributed by atoms with Crippen molar-refractivity contribution in [3.63, 3.8) is 0 Å². The number of amides is 1. The van der Waals surface area contributed by atoms with Crippen LogP contribution in [0.2, 0.25) is 0 Å². The molecule has 6 nitrogen and oxygen atoms in total. The third-order valence-corrected chi connectivity index (χ3v) is 3.87. The molecule has 0 spiro atoms. The summed E-state index contributed by atoms with van der Waals surface area (Å²) in [6.07, 6.45) is 3.74. The fourth-order valence-corrected chi connectivity index (χ4v) is 2.75. The monoisotopic (exact) mass is 352 g/mol. The molecule has 0 radical (unpaired) electrons. The summed E-state index contributed by atoms with van der Waals surface area (Å²) in [5.41, 5.74) is 3.25. The Kier molecular flexibility index (Phi) is 4.93. The van der Waals surface area contributed by atoms with Crippen LogP contribution in [-0.4, -0.2) is 25.1 Å². The lowest BCUT2D eigenvalue weighted by Crippen LogP contribution is -2.12. The number of methoxy groups -OCH3 is 2. The molecule has 0 bridgehead atoms. The number of fused-ring (bicyclic) bond motifs is 1. The predicted octanol–water partition coefficient (Wildman–Crippen LogP) is 4.44. The lowest BCUT2D eigenvalue weighted by Gasteiger charge is -2.13. The third-order valence-electron chi connectivity index (χ3n) is 3.87. The molecule has 1 heterocycles. The molecular weight excluding hydrogens is 332 g/mol. The normalized spacial score (nSPS) is 11.1. The topological polar surface area (TPSA) is 73.6 Å². The number of hydrogen-bond donors (Lipinski definition) is 1. The molecule has 3 aromatic rings. The van der Waals surface area contributed by atoms with E-state index in [1.54, 1.807) is 51.5 Å². The molecule has 6 heteroatoms. The lowest BCUT2D eigenvalue weighted by atomic mass is 10.1. The average Bonchev–Trinajstić information content (AvgIpc) is 3.00. The van der Waals surface area contributed by atoms with E-state index < -0.39 is 0 Å². The summed E-state index contributed by atoms with van der Waals surface area (Å²) < 4.78 is 16.2. The van der Waals surface area contributed by atoms with Crippen molar-refractivity contribution in [1.82, 2.24) is 4.98 Å². The maximum atomic E-state index is 12.7. The zero-order valence-electron chi connectivity index (χ0n) is 15.1. The van der Waals surface area contributed by atoms with Crippen molar-refractivity contribution in [3.05, 3.63) is 53.4 Å². The molecule has 0 fully saturated rings. The van der Waals surface area contributed by atoms with Gasteiger partial charge in [0.2, 0.25) is 0 Å². The van der Waals surface area contributed by atoms with Gasteiger partial charge in [0.25, 0.3) is 5.91 Å². The molecule has 0 aliphatic rings. The number of anilines is 1. The number of aryl methyl sites for hydroxylation is 1. The second-order valence-electron chi connectivity index (χ2n) is 5.67. The molecule has 2 aromatic carbocycles. The number of carbonyl (C=O) groups excluding carboxylic acids is 1. The SMILES string of the molecule is C/C=C/c1cc(C(=O)Nc2ccc3oc(C)nc3c2)cc(OC)c1OC. The van der Waals surface area contributed by atoms with E-state index in [0.29, 0.717) is 39.7 Å². The van der Waals surface area contributed by atoms with Gasteiger partial charge in [0, 0.05) is 23.7 Å². The van der Waals surface area contributed by atoms with Gasteiger partial charge >= 0.3 is 0 Å². The summed E-state index contributed by atoms with van der Waals surface area (Å²) in [4.78, 5) is 17.0. The second-order valence-corrected chi connectivity index (χ2v) is 5.67. The number of aromatic nitrogens is 1. The second kappa shape index (κ2) is 7.31. The fourth-order valence-electron chi connectivity index (χ4n) is 2.75. The van der Waals surface area contributed by atoms with Gasteiger partial charge in [0.15, 0.2) is 23.0 Å². The van der Waals surface area contributed by atoms with Gasteiger partial charge in [-0.2, -0.15) is 0 Å². The number of oxazole rings is 1. The minimum absolute atomic E-state index is 0.253. The minimum atomic E-state index is -0.253. The van der Waals surface area contributed by atoms with Crippen LogP contribution in [0.15, 0.2) is 40.8 Å². The van der Waals surface area contributed by atoms with Crippen LogP contribution in [0.3, 0.4) is 0 Å². The van der Waals surface area contributed by atoms with Gasteiger partial charge in [0.1, 0.15) is 5.52 Å². The Balaban J connectivity index is 1.94. The molecule has 134 valence electrons. The van der Waals surface area contributed by atoms with Crippen LogP contribution in [0.25, 0.3) is 17.2 Å². The van der Waals surface area contributed by atoms with Gasteiger partial charge in [-0.25, -0.2) is 4.98 Å². The van der Waals surface area contributed by atoms with Crippen molar-refractivity contribution in [2.24, 2.45) is 0 Å². The molecule has 1 N–H and O–H groups in total. The quantitative estimate of drug-likeness (QED) is 0.735. The maximum absolute atomic E-state index is 12.7. The van der Waals surface area contributed by atoms with Gasteiger partial charge in [-0.3, -0.25) is 4.79 Å². The van der Waals surface area contributed by atoms with E-state index in [9.17, 15) is 4.79 Å². The number of ether oxygens (including phenoxy) is 2. The van der Waals surface area contributed by atoms with Crippen molar-refractivity contribution in [1.29, 1.82) is 0 Å². The predicted molar refractivity (Wildman–Crippen MR) is 101 cm³/mol. The Hall–Kier alpha value is -3.28. The van der Waals surface area contributed by atoms with E-state index in [1.807, 2.05) is 19.1 Å². The highest BCUT2D eigenvalue weighted by atomic mass is 16.5. The summed E-state index contributed by atoms with van der Waals surface area (Å²) in [6, 6.07) is 8.75. The van der Waals surface area contributed by atoms with Crippen molar-refractivity contribution >= 4 is 28.8 Å². The third kappa shape index (κ3) is 3.39. The molecule has 0 aliphatic carbocycles. The number of allylic oxidation sites excluding steroid dienone is 1. The van der Waals surface area contributed by atoms with Crippen LogP contribution < -0.4 is 14.8 Å². The number of nitrogens with zero attached hydrogens (tertiary/aromatic N) is 1. The smallest absolute Gasteiger partial charge is 0.255 e. The van der Waals surface area contributed by atoms with E-state index in [2.05, 4.69) is 10.3 Å². The molecule has 3 rings (SSSR count). The molecule has 0 unspecified atom stereocenters. The first-order valence-electron chi connectivity index (χ1n) is 8.13. The van der Waals surface area contributed by atoms with Crippen molar-refractivity contribution in [2.75, 3.05) is 19.5 Å². The lowest BCUT2D eigenvalue weighted by molar-refractivity contribution is 0.102. The summed E-state index contributed by atoms with van der Waals surface area (Å²) in [5.74, 6) is 1.41. The molecule has 1 aromatic heterocycles. The highest BCUT2D eigenvalue weighted by Gasteiger charge is 2.15. The molecule has 0 aliphatic heterocycles. The summed E-state index contributed by atoms with van der Waals surface area (Å²) in [7, 11) is 3.11. The van der Waals surface area contributed by atoms with E-state index in [-0.39, 0.29) is 5.91 Å². The van der Waals surface area contributed by atoms with E-state index in [1.165, 1.54) is 0 Å². The number of rotatable bonds is 5. The Morgan fingerprint density at radius 1 is 1.19 bits per heavy atom. The molecule has 0 saturated heterocycles. The Morgan fingerprint density at radius 2 is 2.00 bits per heavy atom. The van der Waals surface area contributed by atoms with Crippen LogP contribution in [0.4, 0.5) is 5.69 Å². The van der Waals surface area contributed by atoms with E-state index in [4.69, 9.17) is 13.9 Å². The van der Waals surface area contributed by atoms with Gasteiger partial charge in [-0.1, -0.05) is 12.2 Å². The average molecular weight is 352 g/mol. The van der Waals surface area contributed by atoms with E-state index >= 15 is 0 Å². The number of nitrogens with one attached hydrogen (secondary N) is 1. The summed E-state index contributed by atoms with van der Waals surface area (Å²) in [5, 5.41) is 2.88. The highest BCUT2D eigenvalue weighted by molar-refractivity contribution is 6.05. The zero-order valence-corrected chi connectivity index (χ0v) is 15.1. The van der Waals surface area contributed by atoms with Crippen LogP contribution >= 0.6 is 0 Å². The highest BCUT2D eigenvalue weighted by Crippen LogP contribution is 2.34. The minimum Gasteiger partial charge on any atom is -0.493 e. The first-order chi connectivity index (χ1) is 12.5. The standard InChI is InChI=1S/C20H20N2O4/c1-5-6-13-9-14(10-18(24-3)19(13)25-4)20(23)22-15-7-8-17-16(11-15)21-12(2)26-17/h5-11H,1-4H3,(H,22,23)/b6-5+. The van der Waals surface area contributed by atoms with Crippen molar-refractivity contribution in [2.45, 2.75) is 13.8 Å². The zero-order chi connectivity index (χ0) is 18.7. The van der Waals surface area contributed by atoms with Gasteiger partial charge in [0.05, 0.1) is 14.2 Å². The van der Waals surface area contributed by atoms with Gasteiger partial charge in [-0.05, 0) is 37.3 Å². The Morgan fingerprint density at radius 3 is 2.69 bits per heavy atom. The van der Waals surface area contributed by atoms with Crippen molar-refractivity contribution in [3.8, 4) is 11.5 Å². The van der Waals surface area contributed by atoms with E-state index in [0.717, 1.165) is 5.56 Å². The summed E-state index contributed by atoms with van der Waals surface area (Å²) in [6.45, 7) is 3.68. The molecule has 1 amide bonds. The fraction of sp³-hybridized carbons (Fsp3) is 0.200. The maximum Gasteiger partial charge on any atom is 0.255 e. The number of benzene rings is 2. The van der Waals surface area contributed by atoms with Crippen LogP contribution in [0.5, 0.6) is 11.5 Å². The van der Waals surface area contributed by atoms with Crippen molar-refractivity contribution < 1.29 is 18.7 Å². The molecule has 0 atom stereocenters. The number of hydrogen-bond acceptors (Lipinski definition) is 5. The summed E-state index contributed by atoms with van der Waals surface area (Å²) >= 11 is 0. The first-order valence-corrected chi connectivity index (χ1v) is 8.13. The number of carbonyl (C=O) groups is 1. The van der Waals surface area contributed by atoms with Gasteiger partial charge in [-0.15, -0.1) is 0 Å². The molecule has 0 saturated carbocycles. The van der Waals surface area contributed by atoms with Gasteiger partial charge < -0.3 is 19.2 Å². The molecular formula is C20H20N2O4. The largest absolute Gasteiger partial charge is 0.493 e. The first kappa shape index (κ1) is 17.5. The molecule has 26 heavy (non-hydrogen) atoms. The Labute approximate surface area is 151 Å².